The van der Waals surface area contributed by atoms with Crippen molar-refractivity contribution in [3.8, 4) is 0 Å². The molecule has 0 saturated heterocycles. The van der Waals surface area contributed by atoms with Gasteiger partial charge in [0.25, 0.3) is 0 Å². The fourth-order valence-electron chi connectivity index (χ4n) is 1.07. The van der Waals surface area contributed by atoms with Crippen LogP contribution in [0.2, 0.25) is 0 Å². The van der Waals surface area contributed by atoms with Crippen molar-refractivity contribution >= 4 is 5.97 Å². The van der Waals surface area contributed by atoms with Gasteiger partial charge in [0.2, 0.25) is 0 Å². The molecule has 0 spiro atoms. The summed E-state index contributed by atoms with van der Waals surface area (Å²) >= 11 is 0. The van der Waals surface area contributed by atoms with Crippen molar-refractivity contribution < 1.29 is 14.3 Å². The molecule has 76 valence electrons. The monoisotopic (exact) mass is 194 g/mol. The van der Waals surface area contributed by atoms with E-state index in [0.29, 0.717) is 18.8 Å². The number of hydrogen-bond donors (Lipinski definition) is 0. The number of hydrogen-bond acceptors (Lipinski definition) is 3. The minimum atomic E-state index is -0.312. The third-order valence-corrected chi connectivity index (χ3v) is 1.85. The molecule has 0 amide bonds. The SMILES string of the molecule is CCOCc1ccc(C(=O)OC)cc1. The van der Waals surface area contributed by atoms with E-state index in [-0.39, 0.29) is 5.97 Å². The molecule has 1 aromatic rings. The largest absolute Gasteiger partial charge is 0.465 e. The number of carbonyl (C=O) groups is 1. The summed E-state index contributed by atoms with van der Waals surface area (Å²) in [4.78, 5) is 11.1. The van der Waals surface area contributed by atoms with Crippen molar-refractivity contribution in [3.05, 3.63) is 35.4 Å². The van der Waals surface area contributed by atoms with Crippen LogP contribution < -0.4 is 0 Å². The van der Waals surface area contributed by atoms with Crippen molar-refractivity contribution in [3.63, 3.8) is 0 Å². The Hall–Kier alpha value is -1.35. The van der Waals surface area contributed by atoms with E-state index < -0.39 is 0 Å². The van der Waals surface area contributed by atoms with Gasteiger partial charge in [-0.05, 0) is 24.6 Å². The summed E-state index contributed by atoms with van der Waals surface area (Å²) in [6, 6.07) is 7.20. The molecule has 1 aromatic carbocycles. The van der Waals surface area contributed by atoms with Gasteiger partial charge in [0.1, 0.15) is 0 Å². The van der Waals surface area contributed by atoms with Gasteiger partial charge in [0.05, 0.1) is 19.3 Å². The predicted octanol–water partition coefficient (Wildman–Crippen LogP) is 2.01. The Kier molecular flexibility index (Phi) is 4.13. The van der Waals surface area contributed by atoms with Crippen LogP contribution in [0.15, 0.2) is 24.3 Å². The van der Waals surface area contributed by atoms with E-state index in [1.54, 1.807) is 12.1 Å². The van der Waals surface area contributed by atoms with E-state index in [0.717, 1.165) is 5.56 Å². The van der Waals surface area contributed by atoms with Crippen LogP contribution in [-0.2, 0) is 16.1 Å². The second-order valence-corrected chi connectivity index (χ2v) is 2.83. The summed E-state index contributed by atoms with van der Waals surface area (Å²) in [6.07, 6.45) is 0. The summed E-state index contributed by atoms with van der Waals surface area (Å²) in [5.41, 5.74) is 1.62. The lowest BCUT2D eigenvalue weighted by Gasteiger charge is -2.02. The first-order chi connectivity index (χ1) is 6.77. The van der Waals surface area contributed by atoms with E-state index in [1.807, 2.05) is 19.1 Å². The molecule has 0 aromatic heterocycles. The van der Waals surface area contributed by atoms with Gasteiger partial charge in [-0.25, -0.2) is 4.79 Å². The topological polar surface area (TPSA) is 35.5 Å². The Bertz CT molecular complexity index is 290. The third kappa shape index (κ3) is 2.85. The zero-order chi connectivity index (χ0) is 10.4. The molecule has 0 heterocycles. The molecule has 0 radical (unpaired) electrons. The highest BCUT2D eigenvalue weighted by atomic mass is 16.5. The van der Waals surface area contributed by atoms with E-state index >= 15 is 0 Å². The smallest absolute Gasteiger partial charge is 0.337 e. The lowest BCUT2D eigenvalue weighted by Crippen LogP contribution is -2.01. The molecule has 0 aliphatic heterocycles. The van der Waals surface area contributed by atoms with Crippen molar-refractivity contribution in [2.75, 3.05) is 13.7 Å². The van der Waals surface area contributed by atoms with Crippen molar-refractivity contribution in [1.29, 1.82) is 0 Å². The normalized spacial score (nSPS) is 9.86. The van der Waals surface area contributed by atoms with E-state index in [2.05, 4.69) is 4.74 Å². The van der Waals surface area contributed by atoms with E-state index in [9.17, 15) is 4.79 Å². The number of benzene rings is 1. The molecule has 14 heavy (non-hydrogen) atoms. The zero-order valence-electron chi connectivity index (χ0n) is 8.45. The molecule has 1 rings (SSSR count). The minimum absolute atomic E-state index is 0.312. The van der Waals surface area contributed by atoms with E-state index in [1.165, 1.54) is 7.11 Å². The summed E-state index contributed by atoms with van der Waals surface area (Å²) in [6.45, 7) is 3.22. The van der Waals surface area contributed by atoms with Crippen molar-refractivity contribution in [1.82, 2.24) is 0 Å². The Morgan fingerprint density at radius 1 is 1.29 bits per heavy atom. The molecule has 0 fully saturated rings. The summed E-state index contributed by atoms with van der Waals surface area (Å²) in [5.74, 6) is -0.312. The molecule has 0 aliphatic carbocycles. The lowest BCUT2D eigenvalue weighted by molar-refractivity contribution is 0.0600. The number of methoxy groups -OCH3 is 1. The van der Waals surface area contributed by atoms with Crippen LogP contribution in [0, 0.1) is 0 Å². The lowest BCUT2D eigenvalue weighted by atomic mass is 10.1. The molecular formula is C11H14O3. The molecule has 3 nitrogen and oxygen atoms in total. The Labute approximate surface area is 83.6 Å². The maximum Gasteiger partial charge on any atom is 0.337 e. The molecular weight excluding hydrogens is 180 g/mol. The quantitative estimate of drug-likeness (QED) is 0.688. The van der Waals surface area contributed by atoms with Crippen LogP contribution in [0.3, 0.4) is 0 Å². The standard InChI is InChI=1S/C11H14O3/c1-3-14-8-9-4-6-10(7-5-9)11(12)13-2/h4-7H,3,8H2,1-2H3. The highest BCUT2D eigenvalue weighted by Gasteiger charge is 2.03. The maximum absolute atomic E-state index is 11.1. The molecule has 0 atom stereocenters. The molecule has 0 bridgehead atoms. The molecule has 0 saturated carbocycles. The third-order valence-electron chi connectivity index (χ3n) is 1.85. The number of carbonyl (C=O) groups excluding carboxylic acids is 1. The maximum atomic E-state index is 11.1. The highest BCUT2D eigenvalue weighted by molar-refractivity contribution is 5.89. The average Bonchev–Trinajstić information content (AvgIpc) is 2.26. The van der Waals surface area contributed by atoms with Crippen LogP contribution in [0.1, 0.15) is 22.8 Å². The van der Waals surface area contributed by atoms with Crippen molar-refractivity contribution in [2.24, 2.45) is 0 Å². The second kappa shape index (κ2) is 5.40. The van der Waals surface area contributed by atoms with Crippen LogP contribution >= 0.6 is 0 Å². The zero-order valence-corrected chi connectivity index (χ0v) is 8.45. The van der Waals surface area contributed by atoms with Crippen LogP contribution in [0.4, 0.5) is 0 Å². The van der Waals surface area contributed by atoms with E-state index in [4.69, 9.17) is 4.74 Å². The first-order valence-corrected chi connectivity index (χ1v) is 4.53. The van der Waals surface area contributed by atoms with Gasteiger partial charge in [0.15, 0.2) is 0 Å². The Balaban J connectivity index is 2.63. The summed E-state index contributed by atoms with van der Waals surface area (Å²) in [5, 5.41) is 0. The van der Waals surface area contributed by atoms with Gasteiger partial charge in [-0.15, -0.1) is 0 Å². The number of esters is 1. The number of ether oxygens (including phenoxy) is 2. The fourth-order valence-corrected chi connectivity index (χ4v) is 1.07. The first-order valence-electron chi connectivity index (χ1n) is 4.53. The fraction of sp³-hybridized carbons (Fsp3) is 0.364. The molecule has 0 N–H and O–H groups in total. The van der Waals surface area contributed by atoms with Crippen LogP contribution in [-0.4, -0.2) is 19.7 Å². The van der Waals surface area contributed by atoms with Gasteiger partial charge < -0.3 is 9.47 Å². The summed E-state index contributed by atoms with van der Waals surface area (Å²) < 4.78 is 9.82. The Morgan fingerprint density at radius 2 is 1.93 bits per heavy atom. The Morgan fingerprint density at radius 3 is 2.43 bits per heavy atom. The molecule has 0 unspecified atom stereocenters. The second-order valence-electron chi connectivity index (χ2n) is 2.83. The predicted molar refractivity (Wildman–Crippen MR) is 53.1 cm³/mol. The van der Waals surface area contributed by atoms with Crippen LogP contribution in [0.25, 0.3) is 0 Å². The van der Waals surface area contributed by atoms with Gasteiger partial charge in [0, 0.05) is 6.61 Å². The molecule has 3 heteroatoms. The number of rotatable bonds is 4. The van der Waals surface area contributed by atoms with Gasteiger partial charge in [-0.1, -0.05) is 12.1 Å². The van der Waals surface area contributed by atoms with Crippen molar-refractivity contribution in [2.45, 2.75) is 13.5 Å². The highest BCUT2D eigenvalue weighted by Crippen LogP contribution is 2.06. The molecule has 0 aliphatic rings. The van der Waals surface area contributed by atoms with Crippen LogP contribution in [0.5, 0.6) is 0 Å². The van der Waals surface area contributed by atoms with Gasteiger partial charge in [-0.3, -0.25) is 0 Å². The first kappa shape index (κ1) is 10.7. The minimum Gasteiger partial charge on any atom is -0.465 e. The summed E-state index contributed by atoms with van der Waals surface area (Å²) in [7, 11) is 1.37. The average molecular weight is 194 g/mol. The van der Waals surface area contributed by atoms with Gasteiger partial charge in [-0.2, -0.15) is 0 Å². The van der Waals surface area contributed by atoms with Gasteiger partial charge >= 0.3 is 5.97 Å².